The van der Waals surface area contributed by atoms with Gasteiger partial charge in [0.05, 0.1) is 4.88 Å². The zero-order chi connectivity index (χ0) is 16.3. The molecule has 0 saturated heterocycles. The zero-order valence-corrected chi connectivity index (χ0v) is 11.8. The third-order valence-electron chi connectivity index (χ3n) is 2.51. The van der Waals surface area contributed by atoms with Gasteiger partial charge in [-0.1, -0.05) is 6.07 Å². The van der Waals surface area contributed by atoms with Crippen molar-refractivity contribution in [1.29, 1.82) is 0 Å². The summed E-state index contributed by atoms with van der Waals surface area (Å²) in [6, 6.07) is 1.78. The van der Waals surface area contributed by atoms with Crippen molar-refractivity contribution in [1.82, 2.24) is 15.1 Å². The monoisotopic (exact) mass is 325 g/mol. The second-order valence-electron chi connectivity index (χ2n) is 4.11. The summed E-state index contributed by atoms with van der Waals surface area (Å²) in [5.74, 6) is -3.83. The summed E-state index contributed by atoms with van der Waals surface area (Å²) in [4.78, 5) is 45.8. The SMILES string of the molecule is NC(=O)C(NC(=O)Cn1nc(-c2cccs2)oc1=O)C(N)=O. The van der Waals surface area contributed by atoms with Crippen LogP contribution in [0.1, 0.15) is 0 Å². The summed E-state index contributed by atoms with van der Waals surface area (Å²) in [7, 11) is 0. The average Bonchev–Trinajstić information content (AvgIpc) is 3.06. The van der Waals surface area contributed by atoms with E-state index in [0.29, 0.717) is 4.88 Å². The van der Waals surface area contributed by atoms with E-state index in [2.05, 4.69) is 5.10 Å². The van der Waals surface area contributed by atoms with Gasteiger partial charge in [0.2, 0.25) is 17.7 Å². The van der Waals surface area contributed by atoms with Crippen molar-refractivity contribution in [3.63, 3.8) is 0 Å². The Hall–Kier alpha value is -2.95. The Morgan fingerprint density at radius 3 is 2.59 bits per heavy atom. The molecular formula is C11H11N5O5S. The Labute approximate surface area is 126 Å². The topological polar surface area (TPSA) is 163 Å². The molecule has 22 heavy (non-hydrogen) atoms. The quantitative estimate of drug-likeness (QED) is 0.521. The van der Waals surface area contributed by atoms with Crippen molar-refractivity contribution in [2.24, 2.45) is 11.5 Å². The van der Waals surface area contributed by atoms with Crippen molar-refractivity contribution < 1.29 is 18.8 Å². The van der Waals surface area contributed by atoms with Crippen LogP contribution in [-0.4, -0.2) is 33.5 Å². The smallest absolute Gasteiger partial charge is 0.387 e. The Kier molecular flexibility index (Phi) is 4.36. The second-order valence-corrected chi connectivity index (χ2v) is 5.06. The number of hydrogen-bond acceptors (Lipinski definition) is 7. The number of rotatable bonds is 6. The molecule has 11 heteroatoms. The van der Waals surface area contributed by atoms with Gasteiger partial charge in [-0.15, -0.1) is 16.4 Å². The molecule has 0 unspecified atom stereocenters. The van der Waals surface area contributed by atoms with Crippen molar-refractivity contribution in [2.45, 2.75) is 12.6 Å². The van der Waals surface area contributed by atoms with Gasteiger partial charge >= 0.3 is 5.76 Å². The minimum absolute atomic E-state index is 0.0640. The molecule has 0 aromatic carbocycles. The molecule has 5 N–H and O–H groups in total. The predicted octanol–water partition coefficient (Wildman–Crippen LogP) is -1.98. The van der Waals surface area contributed by atoms with E-state index in [1.54, 1.807) is 17.5 Å². The Morgan fingerprint density at radius 1 is 1.36 bits per heavy atom. The molecule has 0 aliphatic rings. The standard InChI is InChI=1S/C11H11N5O5S/c12-8(18)7(9(13)19)14-6(17)4-16-11(20)21-10(15-16)5-2-1-3-22-5/h1-3,7H,4H2,(H2,12,18)(H2,13,19)(H,14,17). The minimum atomic E-state index is -1.66. The molecule has 2 aromatic heterocycles. The van der Waals surface area contributed by atoms with E-state index >= 15 is 0 Å². The molecule has 0 saturated carbocycles. The van der Waals surface area contributed by atoms with E-state index in [1.807, 2.05) is 5.32 Å². The molecule has 2 rings (SSSR count). The molecule has 0 spiro atoms. The first-order chi connectivity index (χ1) is 10.4. The molecule has 0 aliphatic carbocycles. The van der Waals surface area contributed by atoms with E-state index in [0.717, 1.165) is 4.68 Å². The molecule has 10 nitrogen and oxygen atoms in total. The molecule has 2 aromatic rings. The van der Waals surface area contributed by atoms with Crippen LogP contribution in [0.15, 0.2) is 26.7 Å². The second kappa shape index (κ2) is 6.22. The van der Waals surface area contributed by atoms with Gasteiger partial charge in [-0.05, 0) is 11.4 Å². The number of hydrogen-bond donors (Lipinski definition) is 3. The maximum absolute atomic E-state index is 11.7. The molecular weight excluding hydrogens is 314 g/mol. The van der Waals surface area contributed by atoms with E-state index in [9.17, 15) is 19.2 Å². The predicted molar refractivity (Wildman–Crippen MR) is 74.4 cm³/mol. The highest BCUT2D eigenvalue weighted by Crippen LogP contribution is 2.20. The Balaban J connectivity index is 2.11. The van der Waals surface area contributed by atoms with Crippen LogP contribution in [0.3, 0.4) is 0 Å². The van der Waals surface area contributed by atoms with Crippen molar-refractivity contribution in [3.8, 4) is 10.8 Å². The van der Waals surface area contributed by atoms with Crippen molar-refractivity contribution in [3.05, 3.63) is 28.1 Å². The lowest BCUT2D eigenvalue weighted by Gasteiger charge is -2.10. The molecule has 0 fully saturated rings. The number of primary amides is 2. The van der Waals surface area contributed by atoms with Gasteiger partial charge in [0.25, 0.3) is 5.89 Å². The first-order valence-electron chi connectivity index (χ1n) is 5.88. The summed E-state index contributed by atoms with van der Waals surface area (Å²) in [6.45, 7) is -0.551. The zero-order valence-electron chi connectivity index (χ0n) is 11.0. The number of nitrogens with two attached hydrogens (primary N) is 2. The third kappa shape index (κ3) is 3.38. The number of carbonyl (C=O) groups is 3. The lowest BCUT2D eigenvalue weighted by molar-refractivity contribution is -0.134. The summed E-state index contributed by atoms with van der Waals surface area (Å²) >= 11 is 1.30. The first-order valence-corrected chi connectivity index (χ1v) is 6.76. The minimum Gasteiger partial charge on any atom is -0.387 e. The van der Waals surface area contributed by atoms with Crippen LogP contribution in [0.5, 0.6) is 0 Å². The van der Waals surface area contributed by atoms with Gasteiger partial charge in [0, 0.05) is 0 Å². The fourth-order valence-electron chi connectivity index (χ4n) is 1.53. The molecule has 0 radical (unpaired) electrons. The van der Waals surface area contributed by atoms with Gasteiger partial charge in [-0.3, -0.25) is 14.4 Å². The van der Waals surface area contributed by atoms with E-state index in [1.165, 1.54) is 11.3 Å². The van der Waals surface area contributed by atoms with Crippen LogP contribution in [-0.2, 0) is 20.9 Å². The molecule has 0 bridgehead atoms. The normalized spacial score (nSPS) is 10.6. The van der Waals surface area contributed by atoms with Crippen molar-refractivity contribution >= 4 is 29.1 Å². The lowest BCUT2D eigenvalue weighted by Crippen LogP contribution is -2.53. The van der Waals surface area contributed by atoms with Gasteiger partial charge < -0.3 is 21.2 Å². The third-order valence-corrected chi connectivity index (χ3v) is 3.36. The number of nitrogens with zero attached hydrogens (tertiary/aromatic N) is 2. The summed E-state index contributed by atoms with van der Waals surface area (Å²) < 4.78 is 5.66. The molecule has 0 atom stereocenters. The molecule has 3 amide bonds. The van der Waals surface area contributed by atoms with E-state index in [4.69, 9.17) is 15.9 Å². The van der Waals surface area contributed by atoms with Crippen LogP contribution in [0.4, 0.5) is 0 Å². The largest absolute Gasteiger partial charge is 0.437 e. The van der Waals surface area contributed by atoms with Gasteiger partial charge in [0.1, 0.15) is 6.54 Å². The number of aromatic nitrogens is 2. The first kappa shape index (κ1) is 15.4. The van der Waals surface area contributed by atoms with Crippen LogP contribution in [0, 0.1) is 0 Å². The number of carbonyl (C=O) groups excluding carboxylic acids is 3. The van der Waals surface area contributed by atoms with Crippen LogP contribution < -0.4 is 22.5 Å². The van der Waals surface area contributed by atoms with Gasteiger partial charge in [-0.25, -0.2) is 4.79 Å². The maximum atomic E-state index is 11.7. The molecule has 2 heterocycles. The fraction of sp³-hybridized carbons (Fsp3) is 0.182. The lowest BCUT2D eigenvalue weighted by atomic mass is 10.2. The van der Waals surface area contributed by atoms with E-state index < -0.39 is 36.1 Å². The maximum Gasteiger partial charge on any atom is 0.437 e. The van der Waals surface area contributed by atoms with E-state index in [-0.39, 0.29) is 5.89 Å². The van der Waals surface area contributed by atoms with Crippen LogP contribution in [0.2, 0.25) is 0 Å². The number of nitrogens with one attached hydrogen (secondary N) is 1. The van der Waals surface area contributed by atoms with Crippen LogP contribution in [0.25, 0.3) is 10.8 Å². The fourth-order valence-corrected chi connectivity index (χ4v) is 2.18. The summed E-state index contributed by atoms with van der Waals surface area (Å²) in [5.41, 5.74) is 9.84. The number of thiophene rings is 1. The molecule has 0 aliphatic heterocycles. The highest BCUT2D eigenvalue weighted by Gasteiger charge is 2.24. The average molecular weight is 325 g/mol. The Bertz CT molecular complexity index is 748. The molecule has 116 valence electrons. The van der Waals surface area contributed by atoms with Gasteiger partial charge in [-0.2, -0.15) is 4.68 Å². The highest BCUT2D eigenvalue weighted by atomic mass is 32.1. The van der Waals surface area contributed by atoms with Crippen molar-refractivity contribution in [2.75, 3.05) is 0 Å². The highest BCUT2D eigenvalue weighted by molar-refractivity contribution is 7.13. The summed E-state index contributed by atoms with van der Waals surface area (Å²) in [5, 5.41) is 7.62. The van der Waals surface area contributed by atoms with Gasteiger partial charge in [0.15, 0.2) is 6.04 Å². The van der Waals surface area contributed by atoms with Crippen LogP contribution >= 0.6 is 11.3 Å². The summed E-state index contributed by atoms with van der Waals surface area (Å²) in [6.07, 6.45) is 0. The Morgan fingerprint density at radius 2 is 2.05 bits per heavy atom. The number of amides is 3.